The fourth-order valence-electron chi connectivity index (χ4n) is 1.99. The molecular formula is C11H20N2O3. The number of amides is 1. The molecule has 1 heterocycles. The van der Waals surface area contributed by atoms with Gasteiger partial charge in [-0.2, -0.15) is 0 Å². The summed E-state index contributed by atoms with van der Waals surface area (Å²) in [6.07, 6.45) is 1.80. The zero-order valence-corrected chi connectivity index (χ0v) is 9.90. The topological polar surface area (TPSA) is 69.6 Å². The van der Waals surface area contributed by atoms with Crippen LogP contribution in [0.15, 0.2) is 0 Å². The van der Waals surface area contributed by atoms with E-state index >= 15 is 0 Å². The average Bonchev–Trinajstić information content (AvgIpc) is 2.72. The number of rotatable bonds is 5. The van der Waals surface area contributed by atoms with Crippen LogP contribution in [0.1, 0.15) is 26.2 Å². The number of carboxylic acids is 1. The standard InChI is InChI=1S/C11H20N2O3/c1-8(12-2)11(16)13-6-5-9(7-13)3-4-10(14)15/h8-9,12H,3-7H2,1-2H3,(H,14,15). The summed E-state index contributed by atoms with van der Waals surface area (Å²) in [5.41, 5.74) is 0. The maximum absolute atomic E-state index is 11.8. The number of likely N-dealkylation sites (tertiary alicyclic amines) is 1. The van der Waals surface area contributed by atoms with Gasteiger partial charge in [-0.05, 0) is 32.7 Å². The Morgan fingerprint density at radius 2 is 2.25 bits per heavy atom. The highest BCUT2D eigenvalue weighted by Gasteiger charge is 2.28. The van der Waals surface area contributed by atoms with Gasteiger partial charge >= 0.3 is 5.97 Å². The predicted molar refractivity (Wildman–Crippen MR) is 60.1 cm³/mol. The zero-order valence-electron chi connectivity index (χ0n) is 9.90. The second-order valence-corrected chi connectivity index (χ2v) is 4.38. The van der Waals surface area contributed by atoms with E-state index in [1.807, 2.05) is 11.8 Å². The number of nitrogens with one attached hydrogen (secondary N) is 1. The van der Waals surface area contributed by atoms with Gasteiger partial charge in [-0.1, -0.05) is 0 Å². The SMILES string of the molecule is CNC(C)C(=O)N1CCC(CCC(=O)O)C1. The summed E-state index contributed by atoms with van der Waals surface area (Å²) < 4.78 is 0. The van der Waals surface area contributed by atoms with Crippen LogP contribution in [0.3, 0.4) is 0 Å². The quantitative estimate of drug-likeness (QED) is 0.710. The highest BCUT2D eigenvalue weighted by Crippen LogP contribution is 2.21. The number of aliphatic carboxylic acids is 1. The third-order valence-electron chi connectivity index (χ3n) is 3.17. The molecule has 0 aromatic rings. The van der Waals surface area contributed by atoms with Crippen LogP contribution in [0.4, 0.5) is 0 Å². The Morgan fingerprint density at radius 3 is 2.81 bits per heavy atom. The molecule has 92 valence electrons. The fraction of sp³-hybridized carbons (Fsp3) is 0.818. The molecular weight excluding hydrogens is 208 g/mol. The van der Waals surface area contributed by atoms with Crippen molar-refractivity contribution in [1.29, 1.82) is 0 Å². The molecule has 0 bridgehead atoms. The van der Waals surface area contributed by atoms with Crippen molar-refractivity contribution < 1.29 is 14.7 Å². The summed E-state index contributed by atoms with van der Waals surface area (Å²) in [6, 6.07) is -0.154. The largest absolute Gasteiger partial charge is 0.481 e. The summed E-state index contributed by atoms with van der Waals surface area (Å²) in [7, 11) is 1.76. The van der Waals surface area contributed by atoms with E-state index in [0.29, 0.717) is 18.9 Å². The molecule has 0 saturated carbocycles. The van der Waals surface area contributed by atoms with Crippen molar-refractivity contribution in [2.24, 2.45) is 5.92 Å². The van der Waals surface area contributed by atoms with Crippen molar-refractivity contribution in [3.05, 3.63) is 0 Å². The molecule has 0 radical (unpaired) electrons. The molecule has 5 heteroatoms. The van der Waals surface area contributed by atoms with Gasteiger partial charge in [-0.3, -0.25) is 9.59 Å². The van der Waals surface area contributed by atoms with E-state index < -0.39 is 5.97 Å². The van der Waals surface area contributed by atoms with E-state index in [-0.39, 0.29) is 18.4 Å². The number of hydrogen-bond donors (Lipinski definition) is 2. The van der Waals surface area contributed by atoms with Crippen LogP contribution in [0, 0.1) is 5.92 Å². The van der Waals surface area contributed by atoms with E-state index in [2.05, 4.69) is 5.32 Å². The van der Waals surface area contributed by atoms with Crippen molar-refractivity contribution in [1.82, 2.24) is 10.2 Å². The molecule has 1 aliphatic heterocycles. The Morgan fingerprint density at radius 1 is 1.56 bits per heavy atom. The molecule has 1 rings (SSSR count). The van der Waals surface area contributed by atoms with Gasteiger partial charge in [-0.25, -0.2) is 0 Å². The second kappa shape index (κ2) is 5.84. The zero-order chi connectivity index (χ0) is 12.1. The molecule has 0 spiro atoms. The number of nitrogens with zero attached hydrogens (tertiary/aromatic N) is 1. The van der Waals surface area contributed by atoms with Gasteiger partial charge in [0.05, 0.1) is 6.04 Å². The molecule has 1 saturated heterocycles. The first-order valence-electron chi connectivity index (χ1n) is 5.72. The number of carboxylic acid groups (broad SMARTS) is 1. The van der Waals surface area contributed by atoms with Gasteiger partial charge < -0.3 is 15.3 Å². The number of hydrogen-bond acceptors (Lipinski definition) is 3. The van der Waals surface area contributed by atoms with E-state index in [1.54, 1.807) is 7.05 Å². The van der Waals surface area contributed by atoms with Crippen molar-refractivity contribution in [2.75, 3.05) is 20.1 Å². The summed E-state index contributed by atoms with van der Waals surface area (Å²) in [5.74, 6) is -0.294. The van der Waals surface area contributed by atoms with Crippen molar-refractivity contribution in [3.8, 4) is 0 Å². The van der Waals surface area contributed by atoms with E-state index in [9.17, 15) is 9.59 Å². The Hall–Kier alpha value is -1.10. The maximum atomic E-state index is 11.8. The van der Waals surface area contributed by atoms with Crippen molar-refractivity contribution in [3.63, 3.8) is 0 Å². The van der Waals surface area contributed by atoms with Crippen LogP contribution < -0.4 is 5.32 Å². The van der Waals surface area contributed by atoms with E-state index in [1.165, 1.54) is 0 Å². The lowest BCUT2D eigenvalue weighted by Gasteiger charge is -2.20. The maximum Gasteiger partial charge on any atom is 0.303 e. The van der Waals surface area contributed by atoms with Crippen LogP contribution in [0.2, 0.25) is 0 Å². The molecule has 2 atom stereocenters. The molecule has 1 aliphatic rings. The summed E-state index contributed by atoms with van der Waals surface area (Å²) in [5, 5.41) is 11.5. The highest BCUT2D eigenvalue weighted by molar-refractivity contribution is 5.81. The van der Waals surface area contributed by atoms with Crippen LogP contribution in [-0.4, -0.2) is 48.1 Å². The van der Waals surface area contributed by atoms with E-state index in [0.717, 1.165) is 13.0 Å². The van der Waals surface area contributed by atoms with Gasteiger partial charge in [0.25, 0.3) is 0 Å². The lowest BCUT2D eigenvalue weighted by Crippen LogP contribution is -2.42. The molecule has 2 N–H and O–H groups in total. The molecule has 0 aliphatic carbocycles. The minimum absolute atomic E-state index is 0.111. The second-order valence-electron chi connectivity index (χ2n) is 4.38. The summed E-state index contributed by atoms with van der Waals surface area (Å²) in [4.78, 5) is 24.1. The van der Waals surface area contributed by atoms with Crippen LogP contribution in [0.25, 0.3) is 0 Å². The third kappa shape index (κ3) is 3.48. The number of carbonyl (C=O) groups excluding carboxylic acids is 1. The molecule has 5 nitrogen and oxygen atoms in total. The van der Waals surface area contributed by atoms with Crippen LogP contribution >= 0.6 is 0 Å². The fourth-order valence-corrected chi connectivity index (χ4v) is 1.99. The van der Waals surface area contributed by atoms with E-state index in [4.69, 9.17) is 5.11 Å². The molecule has 1 fully saturated rings. The van der Waals surface area contributed by atoms with Gasteiger partial charge in [0.1, 0.15) is 0 Å². The average molecular weight is 228 g/mol. The van der Waals surface area contributed by atoms with Crippen LogP contribution in [0.5, 0.6) is 0 Å². The minimum Gasteiger partial charge on any atom is -0.481 e. The monoisotopic (exact) mass is 228 g/mol. The molecule has 2 unspecified atom stereocenters. The Bertz CT molecular complexity index is 268. The number of carbonyl (C=O) groups is 2. The van der Waals surface area contributed by atoms with Crippen molar-refractivity contribution >= 4 is 11.9 Å². The molecule has 1 amide bonds. The normalized spacial score (nSPS) is 22.1. The lowest BCUT2D eigenvalue weighted by atomic mass is 10.0. The first-order chi connectivity index (χ1) is 7.54. The highest BCUT2D eigenvalue weighted by atomic mass is 16.4. The number of likely N-dealkylation sites (N-methyl/N-ethyl adjacent to an activating group) is 1. The molecule has 0 aromatic heterocycles. The minimum atomic E-state index is -0.756. The van der Waals surface area contributed by atoms with Gasteiger partial charge in [0.15, 0.2) is 0 Å². The first kappa shape index (κ1) is 13.0. The summed E-state index contributed by atoms with van der Waals surface area (Å²) in [6.45, 7) is 3.31. The van der Waals surface area contributed by atoms with Gasteiger partial charge in [0, 0.05) is 19.5 Å². The van der Waals surface area contributed by atoms with Gasteiger partial charge in [-0.15, -0.1) is 0 Å². The predicted octanol–water partition coefficient (Wildman–Crippen LogP) is 0.308. The smallest absolute Gasteiger partial charge is 0.303 e. The van der Waals surface area contributed by atoms with Crippen molar-refractivity contribution in [2.45, 2.75) is 32.2 Å². The third-order valence-corrected chi connectivity index (χ3v) is 3.17. The molecule has 16 heavy (non-hydrogen) atoms. The Balaban J connectivity index is 2.34. The molecule has 0 aromatic carbocycles. The Kier molecular flexibility index (Phi) is 4.73. The Labute approximate surface area is 95.8 Å². The lowest BCUT2D eigenvalue weighted by molar-refractivity contribution is -0.137. The summed E-state index contributed by atoms with van der Waals surface area (Å²) >= 11 is 0. The first-order valence-corrected chi connectivity index (χ1v) is 5.72. The van der Waals surface area contributed by atoms with Crippen LogP contribution in [-0.2, 0) is 9.59 Å². The van der Waals surface area contributed by atoms with Gasteiger partial charge in [0.2, 0.25) is 5.91 Å².